The van der Waals surface area contributed by atoms with Gasteiger partial charge in [0.2, 0.25) is 0 Å². The van der Waals surface area contributed by atoms with E-state index in [9.17, 15) is 4.79 Å². The monoisotopic (exact) mass is 267 g/mol. The second kappa shape index (κ2) is 4.77. The highest BCUT2D eigenvalue weighted by atomic mass is 16.5. The van der Waals surface area contributed by atoms with Gasteiger partial charge in [-0.25, -0.2) is 4.98 Å². The number of hydrogen-bond donors (Lipinski definition) is 1. The fourth-order valence-electron chi connectivity index (χ4n) is 2.14. The molecule has 0 spiro atoms. The van der Waals surface area contributed by atoms with E-state index >= 15 is 0 Å². The van der Waals surface area contributed by atoms with E-state index in [2.05, 4.69) is 15.0 Å². The molecule has 2 aromatic heterocycles. The molecule has 20 heavy (non-hydrogen) atoms. The highest BCUT2D eigenvalue weighted by Gasteiger charge is 2.11. The second-order valence-corrected chi connectivity index (χ2v) is 4.52. The van der Waals surface area contributed by atoms with Crippen molar-refractivity contribution in [1.82, 2.24) is 15.0 Å². The molecule has 0 saturated carbocycles. The molecule has 0 aliphatic heterocycles. The molecular weight excluding hydrogens is 254 g/mol. The highest BCUT2D eigenvalue weighted by Crippen LogP contribution is 2.25. The summed E-state index contributed by atoms with van der Waals surface area (Å²) in [5, 5.41) is 0.523. The minimum Gasteiger partial charge on any atom is -0.494 e. The van der Waals surface area contributed by atoms with E-state index in [1.54, 1.807) is 31.6 Å². The number of methoxy groups -OCH3 is 1. The molecule has 2 heterocycles. The van der Waals surface area contributed by atoms with Gasteiger partial charge in [-0.3, -0.25) is 9.78 Å². The molecule has 0 radical (unpaired) electrons. The molecule has 0 aliphatic carbocycles. The Morgan fingerprint density at radius 1 is 1.30 bits per heavy atom. The lowest BCUT2D eigenvalue weighted by Crippen LogP contribution is -2.10. The van der Waals surface area contributed by atoms with Crippen LogP contribution in [0, 0.1) is 6.92 Å². The lowest BCUT2D eigenvalue weighted by Gasteiger charge is -2.08. The zero-order valence-corrected chi connectivity index (χ0v) is 11.2. The van der Waals surface area contributed by atoms with Crippen molar-refractivity contribution in [3.05, 3.63) is 52.6 Å². The number of rotatable bonds is 2. The fourth-order valence-corrected chi connectivity index (χ4v) is 2.14. The number of nitrogens with zero attached hydrogens (tertiary/aromatic N) is 2. The number of aromatic nitrogens is 3. The summed E-state index contributed by atoms with van der Waals surface area (Å²) < 4.78 is 5.32. The van der Waals surface area contributed by atoms with Gasteiger partial charge in [0, 0.05) is 18.0 Å². The number of benzene rings is 1. The largest absolute Gasteiger partial charge is 0.494 e. The van der Waals surface area contributed by atoms with Gasteiger partial charge in [0.1, 0.15) is 17.1 Å². The van der Waals surface area contributed by atoms with Crippen molar-refractivity contribution >= 4 is 10.9 Å². The normalized spacial score (nSPS) is 10.7. The summed E-state index contributed by atoms with van der Waals surface area (Å²) in [6.45, 7) is 1.91. The van der Waals surface area contributed by atoms with Crippen LogP contribution in [0.25, 0.3) is 22.3 Å². The summed E-state index contributed by atoms with van der Waals surface area (Å²) in [6.07, 6.45) is 3.33. The number of aryl methyl sites for hydroxylation is 1. The van der Waals surface area contributed by atoms with Crippen LogP contribution < -0.4 is 10.3 Å². The quantitative estimate of drug-likeness (QED) is 0.773. The van der Waals surface area contributed by atoms with Gasteiger partial charge in [0.15, 0.2) is 0 Å². The summed E-state index contributed by atoms with van der Waals surface area (Å²) in [5.74, 6) is 1.08. The van der Waals surface area contributed by atoms with Gasteiger partial charge in [-0.05, 0) is 36.8 Å². The molecule has 0 bridgehead atoms. The third kappa shape index (κ3) is 2.03. The van der Waals surface area contributed by atoms with Gasteiger partial charge in [0.25, 0.3) is 5.56 Å². The maximum atomic E-state index is 12.2. The molecule has 3 aromatic rings. The highest BCUT2D eigenvalue weighted by molar-refractivity contribution is 5.85. The van der Waals surface area contributed by atoms with Crippen LogP contribution in [0.2, 0.25) is 0 Å². The lowest BCUT2D eigenvalue weighted by molar-refractivity contribution is 0.418. The van der Waals surface area contributed by atoms with Gasteiger partial charge < -0.3 is 9.72 Å². The third-order valence-electron chi connectivity index (χ3n) is 3.07. The third-order valence-corrected chi connectivity index (χ3v) is 3.07. The van der Waals surface area contributed by atoms with Crippen LogP contribution in [-0.2, 0) is 0 Å². The molecule has 3 rings (SSSR count). The molecule has 0 atom stereocenters. The van der Waals surface area contributed by atoms with Crippen molar-refractivity contribution in [3.63, 3.8) is 0 Å². The Balaban J connectivity index is 2.34. The van der Waals surface area contributed by atoms with E-state index < -0.39 is 0 Å². The fraction of sp³-hybridized carbons (Fsp3) is 0.133. The maximum absolute atomic E-state index is 12.2. The van der Waals surface area contributed by atoms with Gasteiger partial charge in [-0.15, -0.1) is 0 Å². The molecular formula is C15H13N3O2. The van der Waals surface area contributed by atoms with E-state index in [-0.39, 0.29) is 5.56 Å². The Morgan fingerprint density at radius 3 is 2.85 bits per heavy atom. The van der Waals surface area contributed by atoms with Crippen molar-refractivity contribution in [2.75, 3.05) is 7.11 Å². The zero-order valence-electron chi connectivity index (χ0n) is 11.2. The van der Waals surface area contributed by atoms with Gasteiger partial charge in [-0.1, -0.05) is 0 Å². The first-order chi connectivity index (χ1) is 9.69. The minimum absolute atomic E-state index is 0.184. The van der Waals surface area contributed by atoms with Gasteiger partial charge >= 0.3 is 0 Å². The Bertz CT molecular complexity index is 826. The number of nitrogens with one attached hydrogen (secondary N) is 1. The van der Waals surface area contributed by atoms with Crippen LogP contribution in [0.3, 0.4) is 0 Å². The number of H-pyrrole nitrogens is 1. The molecule has 1 aromatic carbocycles. The Morgan fingerprint density at radius 2 is 2.15 bits per heavy atom. The molecule has 5 nitrogen and oxygen atoms in total. The standard InChI is InChI=1S/C15H13N3O2/c1-9-6-11-13(12(7-9)20-2)17-14(18-15(11)19)10-4-3-5-16-8-10/h3-8H,1-2H3,(H,17,18,19). The summed E-state index contributed by atoms with van der Waals surface area (Å²) in [5.41, 5.74) is 2.08. The molecule has 0 unspecified atom stereocenters. The van der Waals surface area contributed by atoms with Gasteiger partial charge in [0.05, 0.1) is 12.5 Å². The molecule has 1 N–H and O–H groups in total. The number of ether oxygens (including phenoxy) is 1. The molecule has 5 heteroatoms. The maximum Gasteiger partial charge on any atom is 0.259 e. The predicted molar refractivity (Wildman–Crippen MR) is 76.9 cm³/mol. The van der Waals surface area contributed by atoms with Crippen molar-refractivity contribution < 1.29 is 4.74 Å². The lowest BCUT2D eigenvalue weighted by atomic mass is 10.1. The first-order valence-electron chi connectivity index (χ1n) is 6.18. The molecule has 0 fully saturated rings. The molecule has 0 aliphatic rings. The molecule has 0 saturated heterocycles. The van der Waals surface area contributed by atoms with E-state index in [0.29, 0.717) is 22.5 Å². The summed E-state index contributed by atoms with van der Waals surface area (Å²) >= 11 is 0. The van der Waals surface area contributed by atoms with Gasteiger partial charge in [-0.2, -0.15) is 0 Å². The number of pyridine rings is 1. The molecule has 0 amide bonds. The minimum atomic E-state index is -0.184. The van der Waals surface area contributed by atoms with Crippen molar-refractivity contribution in [3.8, 4) is 17.1 Å². The number of hydrogen-bond acceptors (Lipinski definition) is 4. The number of fused-ring (bicyclic) bond motifs is 1. The smallest absolute Gasteiger partial charge is 0.259 e. The molecule has 100 valence electrons. The van der Waals surface area contributed by atoms with Crippen LogP contribution in [0.1, 0.15) is 5.56 Å². The van der Waals surface area contributed by atoms with E-state index in [0.717, 1.165) is 11.1 Å². The van der Waals surface area contributed by atoms with Crippen molar-refractivity contribution in [2.24, 2.45) is 0 Å². The predicted octanol–water partition coefficient (Wildman–Crippen LogP) is 2.30. The Labute approximate surface area is 115 Å². The number of aromatic amines is 1. The topological polar surface area (TPSA) is 67.9 Å². The average Bonchev–Trinajstić information content (AvgIpc) is 2.48. The van der Waals surface area contributed by atoms with E-state index in [1.165, 1.54) is 0 Å². The summed E-state index contributed by atoms with van der Waals surface area (Å²) in [6, 6.07) is 7.31. The van der Waals surface area contributed by atoms with E-state index in [4.69, 9.17) is 4.74 Å². The first-order valence-corrected chi connectivity index (χ1v) is 6.18. The summed E-state index contributed by atoms with van der Waals surface area (Å²) in [7, 11) is 1.57. The van der Waals surface area contributed by atoms with Crippen molar-refractivity contribution in [2.45, 2.75) is 6.92 Å². The van der Waals surface area contributed by atoms with Crippen LogP contribution in [0.4, 0.5) is 0 Å². The first kappa shape index (κ1) is 12.3. The summed E-state index contributed by atoms with van der Waals surface area (Å²) in [4.78, 5) is 23.5. The second-order valence-electron chi connectivity index (χ2n) is 4.52. The van der Waals surface area contributed by atoms with Crippen LogP contribution in [0.15, 0.2) is 41.5 Å². The van der Waals surface area contributed by atoms with Crippen LogP contribution >= 0.6 is 0 Å². The zero-order chi connectivity index (χ0) is 14.1. The van der Waals surface area contributed by atoms with Crippen molar-refractivity contribution in [1.29, 1.82) is 0 Å². The van der Waals surface area contributed by atoms with E-state index in [1.807, 2.05) is 19.1 Å². The SMILES string of the molecule is COc1cc(C)cc2c(=O)[nH]c(-c3cccnc3)nc12. The Hall–Kier alpha value is -2.69. The van der Waals surface area contributed by atoms with Crippen LogP contribution in [-0.4, -0.2) is 22.1 Å². The van der Waals surface area contributed by atoms with Crippen LogP contribution in [0.5, 0.6) is 5.75 Å². The Kier molecular flexibility index (Phi) is 2.95. The average molecular weight is 267 g/mol.